The Balaban J connectivity index is 2.80. The van der Waals surface area contributed by atoms with Crippen LogP contribution in [-0.4, -0.2) is 28.9 Å². The molecule has 1 atom stereocenters. The number of hydrogen-bond acceptors (Lipinski definition) is 3. The second-order valence-corrected chi connectivity index (χ2v) is 2.61. The second kappa shape index (κ2) is 4.26. The monoisotopic (exact) mass is 166 g/mol. The summed E-state index contributed by atoms with van der Waals surface area (Å²) in [4.78, 5) is 0. The summed E-state index contributed by atoms with van der Waals surface area (Å²) in [6.45, 7) is -0.262. The Labute approximate surface area is 71.4 Å². The van der Waals surface area contributed by atoms with Crippen LogP contribution in [0.5, 0.6) is 0 Å². The Morgan fingerprint density at radius 3 is 2.17 bits per heavy atom. The predicted molar refractivity (Wildman–Crippen MR) is 46.5 cm³/mol. The molecule has 1 unspecified atom stereocenters. The summed E-state index contributed by atoms with van der Waals surface area (Å²) in [5.74, 6) is -0.605. The van der Waals surface area contributed by atoms with Gasteiger partial charge in [-0.25, -0.2) is 0 Å². The number of aliphatic hydroxyl groups excluding tert-OH is 1. The summed E-state index contributed by atoms with van der Waals surface area (Å²) in [5.41, 5.74) is 0.731. The minimum atomic E-state index is -1.50. The highest BCUT2D eigenvalue weighted by molar-refractivity contribution is 6.43. The van der Waals surface area contributed by atoms with Crippen molar-refractivity contribution in [3.8, 4) is 0 Å². The van der Waals surface area contributed by atoms with Crippen LogP contribution in [0.4, 0.5) is 0 Å². The summed E-state index contributed by atoms with van der Waals surface area (Å²) in [6, 6.07) is 8.92. The Morgan fingerprint density at radius 2 is 1.75 bits per heavy atom. The lowest BCUT2D eigenvalue weighted by atomic mass is 9.69. The summed E-state index contributed by atoms with van der Waals surface area (Å²) in [6.07, 6.45) is 0. The lowest BCUT2D eigenvalue weighted by Gasteiger charge is -2.12. The van der Waals surface area contributed by atoms with E-state index < -0.39 is 12.9 Å². The average molecular weight is 166 g/mol. The minimum Gasteiger partial charge on any atom is -0.427 e. The van der Waals surface area contributed by atoms with Crippen LogP contribution in [0.15, 0.2) is 30.3 Å². The summed E-state index contributed by atoms with van der Waals surface area (Å²) >= 11 is 0. The van der Waals surface area contributed by atoms with E-state index in [0.29, 0.717) is 0 Å². The summed E-state index contributed by atoms with van der Waals surface area (Å²) in [5, 5.41) is 26.6. The molecule has 1 rings (SSSR count). The SMILES string of the molecule is OCC(B(O)O)c1ccccc1. The van der Waals surface area contributed by atoms with Gasteiger partial charge in [-0.3, -0.25) is 0 Å². The molecule has 0 saturated carbocycles. The quantitative estimate of drug-likeness (QED) is 0.543. The molecule has 1 aromatic rings. The van der Waals surface area contributed by atoms with Gasteiger partial charge in [0.25, 0.3) is 0 Å². The van der Waals surface area contributed by atoms with Crippen molar-refractivity contribution in [2.75, 3.05) is 6.61 Å². The van der Waals surface area contributed by atoms with Crippen molar-refractivity contribution in [3.63, 3.8) is 0 Å². The molecule has 1 aromatic carbocycles. The molecule has 3 N–H and O–H groups in total. The van der Waals surface area contributed by atoms with Crippen LogP contribution in [0.1, 0.15) is 11.4 Å². The highest BCUT2D eigenvalue weighted by Gasteiger charge is 2.23. The van der Waals surface area contributed by atoms with E-state index in [4.69, 9.17) is 15.2 Å². The van der Waals surface area contributed by atoms with Crippen molar-refractivity contribution in [2.45, 2.75) is 5.82 Å². The van der Waals surface area contributed by atoms with E-state index in [1.54, 1.807) is 24.3 Å². The summed E-state index contributed by atoms with van der Waals surface area (Å²) < 4.78 is 0. The normalized spacial score (nSPS) is 12.6. The number of rotatable bonds is 3. The largest absolute Gasteiger partial charge is 0.461 e. The fourth-order valence-electron chi connectivity index (χ4n) is 1.07. The van der Waals surface area contributed by atoms with Crippen molar-refractivity contribution < 1.29 is 15.2 Å². The third-order valence-corrected chi connectivity index (χ3v) is 1.78. The molecule has 3 nitrogen and oxygen atoms in total. The van der Waals surface area contributed by atoms with Crippen LogP contribution in [0.2, 0.25) is 0 Å². The first-order chi connectivity index (χ1) is 5.75. The van der Waals surface area contributed by atoms with Crippen molar-refractivity contribution in [1.82, 2.24) is 0 Å². The van der Waals surface area contributed by atoms with E-state index in [-0.39, 0.29) is 6.61 Å². The fourth-order valence-corrected chi connectivity index (χ4v) is 1.07. The van der Waals surface area contributed by atoms with Crippen LogP contribution in [0.3, 0.4) is 0 Å². The standard InChI is InChI=1S/C8H11BO3/c10-6-8(9(11)12)7-4-2-1-3-5-7/h1-5,8,10-12H,6H2. The molecule has 0 saturated heterocycles. The molecule has 0 aliphatic carbocycles. The Hall–Kier alpha value is -0.835. The zero-order valence-electron chi connectivity index (χ0n) is 6.59. The van der Waals surface area contributed by atoms with Gasteiger partial charge in [-0.15, -0.1) is 0 Å². The molecule has 0 aromatic heterocycles. The molecule has 64 valence electrons. The lowest BCUT2D eigenvalue weighted by Crippen LogP contribution is -2.26. The first-order valence-corrected chi connectivity index (χ1v) is 3.77. The molecule has 12 heavy (non-hydrogen) atoms. The molecular formula is C8H11BO3. The van der Waals surface area contributed by atoms with Gasteiger partial charge in [0.05, 0.1) is 0 Å². The molecule has 0 aliphatic heterocycles. The van der Waals surface area contributed by atoms with Crippen LogP contribution < -0.4 is 0 Å². The smallest absolute Gasteiger partial charge is 0.427 e. The number of aliphatic hydroxyl groups is 1. The van der Waals surface area contributed by atoms with Crippen LogP contribution >= 0.6 is 0 Å². The van der Waals surface area contributed by atoms with Crippen molar-refractivity contribution in [2.24, 2.45) is 0 Å². The maximum absolute atomic E-state index is 8.86. The third-order valence-electron chi connectivity index (χ3n) is 1.78. The first-order valence-electron chi connectivity index (χ1n) is 3.77. The average Bonchev–Trinajstić information content (AvgIpc) is 2.07. The van der Waals surface area contributed by atoms with E-state index in [2.05, 4.69) is 0 Å². The molecule has 0 aliphatic rings. The van der Waals surface area contributed by atoms with Crippen LogP contribution in [-0.2, 0) is 0 Å². The highest BCUT2D eigenvalue weighted by Crippen LogP contribution is 2.14. The van der Waals surface area contributed by atoms with Gasteiger partial charge in [-0.1, -0.05) is 30.3 Å². The minimum absolute atomic E-state index is 0.262. The molecule has 0 spiro atoms. The van der Waals surface area contributed by atoms with Crippen molar-refractivity contribution in [3.05, 3.63) is 35.9 Å². The number of hydrogen-bond donors (Lipinski definition) is 3. The van der Waals surface area contributed by atoms with Gasteiger partial charge in [-0.05, 0) is 5.56 Å². The molecule has 4 heteroatoms. The summed E-state index contributed by atoms with van der Waals surface area (Å²) in [7, 11) is -1.50. The topological polar surface area (TPSA) is 60.7 Å². The first kappa shape index (κ1) is 9.25. The third kappa shape index (κ3) is 2.07. The van der Waals surface area contributed by atoms with Gasteiger partial charge >= 0.3 is 7.12 Å². The van der Waals surface area contributed by atoms with Gasteiger partial charge in [0, 0.05) is 12.4 Å². The second-order valence-electron chi connectivity index (χ2n) is 2.61. The fraction of sp³-hybridized carbons (Fsp3) is 0.250. The zero-order valence-corrected chi connectivity index (χ0v) is 6.59. The Bertz CT molecular complexity index is 225. The maximum Gasteiger partial charge on any atom is 0.461 e. The van der Waals surface area contributed by atoms with Gasteiger partial charge in [0.1, 0.15) is 0 Å². The molecule has 0 heterocycles. The zero-order chi connectivity index (χ0) is 8.97. The van der Waals surface area contributed by atoms with E-state index in [1.165, 1.54) is 0 Å². The number of benzene rings is 1. The Morgan fingerprint density at radius 1 is 1.17 bits per heavy atom. The van der Waals surface area contributed by atoms with Gasteiger partial charge in [0.2, 0.25) is 0 Å². The maximum atomic E-state index is 8.86. The molecular weight excluding hydrogens is 155 g/mol. The van der Waals surface area contributed by atoms with E-state index in [1.807, 2.05) is 6.07 Å². The molecule has 0 bridgehead atoms. The van der Waals surface area contributed by atoms with Crippen LogP contribution in [0.25, 0.3) is 0 Å². The van der Waals surface area contributed by atoms with Gasteiger partial charge < -0.3 is 15.2 Å². The predicted octanol–water partition coefficient (Wildman–Crippen LogP) is -0.226. The molecule has 0 amide bonds. The van der Waals surface area contributed by atoms with Crippen molar-refractivity contribution >= 4 is 7.12 Å². The van der Waals surface area contributed by atoms with Gasteiger partial charge in [0.15, 0.2) is 0 Å². The van der Waals surface area contributed by atoms with E-state index in [0.717, 1.165) is 5.56 Å². The van der Waals surface area contributed by atoms with E-state index >= 15 is 0 Å². The molecule has 0 fully saturated rings. The van der Waals surface area contributed by atoms with E-state index in [9.17, 15) is 0 Å². The van der Waals surface area contributed by atoms with Gasteiger partial charge in [-0.2, -0.15) is 0 Å². The van der Waals surface area contributed by atoms with Crippen LogP contribution in [0, 0.1) is 0 Å². The highest BCUT2D eigenvalue weighted by atomic mass is 16.4. The lowest BCUT2D eigenvalue weighted by molar-refractivity contribution is 0.266. The Kier molecular flexibility index (Phi) is 3.28. The van der Waals surface area contributed by atoms with Crippen molar-refractivity contribution in [1.29, 1.82) is 0 Å². The molecule has 0 radical (unpaired) electrons.